The van der Waals surface area contributed by atoms with Crippen LogP contribution in [0.25, 0.3) is 0 Å². The molecule has 0 aromatic rings. The Morgan fingerprint density at radius 1 is 1.43 bits per heavy atom. The Labute approximate surface area is 130 Å². The van der Waals surface area contributed by atoms with Crippen molar-refractivity contribution in [2.75, 3.05) is 20.2 Å². The van der Waals surface area contributed by atoms with Crippen molar-refractivity contribution in [2.45, 2.75) is 71.4 Å². The quantitative estimate of drug-likeness (QED) is 0.700. The molecule has 21 heavy (non-hydrogen) atoms. The van der Waals surface area contributed by atoms with Crippen molar-refractivity contribution in [3.8, 4) is 0 Å². The molecule has 0 aromatic heterocycles. The summed E-state index contributed by atoms with van der Waals surface area (Å²) < 4.78 is 5.19. The molecule has 0 spiro atoms. The Kier molecular flexibility index (Phi) is 7.14. The monoisotopic (exact) mass is 298 g/mol. The predicted octanol–water partition coefficient (Wildman–Crippen LogP) is 2.80. The van der Waals surface area contributed by atoms with E-state index in [1.54, 1.807) is 0 Å². The second kappa shape index (κ2) is 8.14. The molecule has 0 radical (unpaired) electrons. The highest BCUT2D eigenvalue weighted by atomic mass is 16.5. The van der Waals surface area contributed by atoms with Gasteiger partial charge in [-0.25, -0.2) is 0 Å². The number of hydrogen-bond acceptors (Lipinski definition) is 4. The van der Waals surface area contributed by atoms with Gasteiger partial charge in [0.05, 0.1) is 6.61 Å². The molecular formula is C17H34N2O2. The van der Waals surface area contributed by atoms with Crippen molar-refractivity contribution >= 4 is 5.97 Å². The summed E-state index contributed by atoms with van der Waals surface area (Å²) in [7, 11) is 2.17. The minimum absolute atomic E-state index is 0.203. The third-order valence-electron chi connectivity index (χ3n) is 4.92. The third-order valence-corrected chi connectivity index (χ3v) is 4.92. The lowest BCUT2D eigenvalue weighted by Gasteiger charge is -2.32. The lowest BCUT2D eigenvalue weighted by molar-refractivity contribution is -0.151. The highest BCUT2D eigenvalue weighted by molar-refractivity contribution is 5.81. The van der Waals surface area contributed by atoms with E-state index in [4.69, 9.17) is 10.5 Å². The maximum Gasteiger partial charge on any atom is 0.326 e. The summed E-state index contributed by atoms with van der Waals surface area (Å²) >= 11 is 0. The molecule has 124 valence electrons. The van der Waals surface area contributed by atoms with Gasteiger partial charge in [0.15, 0.2) is 0 Å². The van der Waals surface area contributed by atoms with Crippen molar-refractivity contribution in [3.05, 3.63) is 0 Å². The first-order valence-electron chi connectivity index (χ1n) is 8.47. The van der Waals surface area contributed by atoms with Crippen LogP contribution >= 0.6 is 0 Å². The number of nitrogens with zero attached hydrogens (tertiary/aromatic N) is 1. The van der Waals surface area contributed by atoms with Crippen molar-refractivity contribution in [2.24, 2.45) is 17.6 Å². The standard InChI is InChI=1S/C17H34N2O2/c1-6-21-16(20)17(18)10-7-8-15(17)9-11-19(5)14(4)12-13(2)3/h13-15H,6-12,18H2,1-5H3. The second-order valence-corrected chi connectivity index (χ2v) is 7.10. The molecule has 0 heterocycles. The van der Waals surface area contributed by atoms with E-state index in [2.05, 4.69) is 32.7 Å². The predicted molar refractivity (Wildman–Crippen MR) is 87.1 cm³/mol. The van der Waals surface area contributed by atoms with E-state index in [0.717, 1.165) is 32.2 Å². The van der Waals surface area contributed by atoms with Crippen molar-refractivity contribution in [1.82, 2.24) is 4.90 Å². The fourth-order valence-electron chi connectivity index (χ4n) is 3.48. The lowest BCUT2D eigenvalue weighted by atomic mass is 9.85. The molecule has 1 fully saturated rings. The Bertz CT molecular complexity index is 333. The highest BCUT2D eigenvalue weighted by Gasteiger charge is 2.46. The molecule has 0 saturated heterocycles. The zero-order valence-corrected chi connectivity index (χ0v) is 14.5. The van der Waals surface area contributed by atoms with E-state index in [1.165, 1.54) is 6.42 Å². The Morgan fingerprint density at radius 2 is 2.10 bits per heavy atom. The molecule has 0 aliphatic heterocycles. The maximum absolute atomic E-state index is 12.1. The molecule has 1 aliphatic carbocycles. The normalized spacial score (nSPS) is 27.3. The average molecular weight is 298 g/mol. The van der Waals surface area contributed by atoms with Crippen LogP contribution in [0.2, 0.25) is 0 Å². The van der Waals surface area contributed by atoms with Crippen LogP contribution in [0.1, 0.15) is 59.8 Å². The van der Waals surface area contributed by atoms with Gasteiger partial charge in [-0.3, -0.25) is 4.79 Å². The van der Waals surface area contributed by atoms with Gasteiger partial charge in [-0.15, -0.1) is 0 Å². The van der Waals surface area contributed by atoms with Crippen LogP contribution in [-0.2, 0) is 9.53 Å². The molecule has 4 heteroatoms. The summed E-state index contributed by atoms with van der Waals surface area (Å²) in [6, 6.07) is 0.571. The van der Waals surface area contributed by atoms with Crippen LogP contribution in [0.3, 0.4) is 0 Å². The highest BCUT2D eigenvalue weighted by Crippen LogP contribution is 2.37. The molecule has 4 nitrogen and oxygen atoms in total. The molecular weight excluding hydrogens is 264 g/mol. The minimum atomic E-state index is -0.752. The zero-order chi connectivity index (χ0) is 16.0. The van der Waals surface area contributed by atoms with Gasteiger partial charge in [0.1, 0.15) is 5.54 Å². The molecule has 3 unspecified atom stereocenters. The largest absolute Gasteiger partial charge is 0.465 e. The molecule has 3 atom stereocenters. The van der Waals surface area contributed by atoms with Crippen LogP contribution in [0, 0.1) is 11.8 Å². The fourth-order valence-corrected chi connectivity index (χ4v) is 3.48. The molecule has 0 bridgehead atoms. The van der Waals surface area contributed by atoms with Crippen LogP contribution in [0.15, 0.2) is 0 Å². The van der Waals surface area contributed by atoms with Crippen LogP contribution in [0.5, 0.6) is 0 Å². The van der Waals surface area contributed by atoms with Crippen molar-refractivity contribution in [3.63, 3.8) is 0 Å². The third kappa shape index (κ3) is 4.96. The fraction of sp³-hybridized carbons (Fsp3) is 0.941. The van der Waals surface area contributed by atoms with E-state index >= 15 is 0 Å². The van der Waals surface area contributed by atoms with Gasteiger partial charge < -0.3 is 15.4 Å². The van der Waals surface area contributed by atoms with Crippen LogP contribution < -0.4 is 5.73 Å². The lowest BCUT2D eigenvalue weighted by Crippen LogP contribution is -2.52. The molecule has 0 aromatic carbocycles. The molecule has 1 aliphatic rings. The van der Waals surface area contributed by atoms with Gasteiger partial charge in [0.2, 0.25) is 0 Å². The first kappa shape index (κ1) is 18.4. The maximum atomic E-state index is 12.1. The van der Waals surface area contributed by atoms with Gasteiger partial charge in [0.25, 0.3) is 0 Å². The SMILES string of the molecule is CCOC(=O)C1(N)CCCC1CCN(C)C(C)CC(C)C. The van der Waals surface area contributed by atoms with Gasteiger partial charge >= 0.3 is 5.97 Å². The molecule has 1 rings (SSSR count). The number of nitrogens with two attached hydrogens (primary N) is 1. The van der Waals surface area contributed by atoms with Crippen LogP contribution in [0.4, 0.5) is 0 Å². The number of carbonyl (C=O) groups excluding carboxylic acids is 1. The summed E-state index contributed by atoms with van der Waals surface area (Å²) in [4.78, 5) is 14.5. The summed E-state index contributed by atoms with van der Waals surface area (Å²) in [6.45, 7) is 10.0. The number of hydrogen-bond donors (Lipinski definition) is 1. The van der Waals surface area contributed by atoms with E-state index in [-0.39, 0.29) is 11.9 Å². The zero-order valence-electron chi connectivity index (χ0n) is 14.5. The van der Waals surface area contributed by atoms with E-state index in [0.29, 0.717) is 18.6 Å². The van der Waals surface area contributed by atoms with E-state index in [9.17, 15) is 4.79 Å². The summed E-state index contributed by atoms with van der Waals surface area (Å²) in [5.74, 6) is 0.762. The second-order valence-electron chi connectivity index (χ2n) is 7.10. The van der Waals surface area contributed by atoms with Crippen LogP contribution in [-0.4, -0.2) is 42.6 Å². The minimum Gasteiger partial charge on any atom is -0.465 e. The van der Waals surface area contributed by atoms with Gasteiger partial charge in [-0.2, -0.15) is 0 Å². The van der Waals surface area contributed by atoms with E-state index in [1.807, 2.05) is 6.92 Å². The van der Waals surface area contributed by atoms with Gasteiger partial charge in [-0.05, 0) is 65.0 Å². The Balaban J connectivity index is 2.51. The average Bonchev–Trinajstić information content (AvgIpc) is 2.78. The van der Waals surface area contributed by atoms with Gasteiger partial charge in [-0.1, -0.05) is 20.3 Å². The number of esters is 1. The summed E-state index contributed by atoms with van der Waals surface area (Å²) in [5, 5.41) is 0. The topological polar surface area (TPSA) is 55.6 Å². The summed E-state index contributed by atoms with van der Waals surface area (Å²) in [5.41, 5.74) is 5.63. The Hall–Kier alpha value is -0.610. The first-order valence-corrected chi connectivity index (χ1v) is 8.47. The smallest absolute Gasteiger partial charge is 0.326 e. The van der Waals surface area contributed by atoms with Crippen molar-refractivity contribution in [1.29, 1.82) is 0 Å². The number of ether oxygens (including phenoxy) is 1. The first-order chi connectivity index (χ1) is 9.81. The van der Waals surface area contributed by atoms with Gasteiger partial charge in [0, 0.05) is 6.04 Å². The molecule has 2 N–H and O–H groups in total. The van der Waals surface area contributed by atoms with E-state index < -0.39 is 5.54 Å². The number of rotatable bonds is 8. The summed E-state index contributed by atoms with van der Waals surface area (Å²) in [6.07, 6.45) is 5.02. The Morgan fingerprint density at radius 3 is 2.67 bits per heavy atom. The van der Waals surface area contributed by atoms with Crippen molar-refractivity contribution < 1.29 is 9.53 Å². The number of carbonyl (C=O) groups is 1. The molecule has 0 amide bonds. The molecule has 1 saturated carbocycles.